The molecule has 8 heteroatoms. The molecule has 0 fully saturated rings. The van der Waals surface area contributed by atoms with Crippen LogP contribution in [0.25, 0.3) is 0 Å². The number of benzene rings is 1. The fraction of sp³-hybridized carbons (Fsp3) is 0.400. The Morgan fingerprint density at radius 1 is 1.24 bits per heavy atom. The van der Waals surface area contributed by atoms with Gasteiger partial charge < -0.3 is 18.9 Å². The Morgan fingerprint density at radius 2 is 2.00 bits per heavy atom. The highest BCUT2D eigenvalue weighted by atomic mass is 16.6. The summed E-state index contributed by atoms with van der Waals surface area (Å²) in [5.74, 6) is 3.12. The van der Waals surface area contributed by atoms with E-state index >= 15 is 0 Å². The van der Waals surface area contributed by atoms with Crippen LogP contribution in [0.2, 0.25) is 0 Å². The second kappa shape index (κ2) is 9.82. The number of carbonyl (C=O) groups excluding carboxylic acids is 2. The normalized spacial score (nSPS) is 15.2. The topological polar surface area (TPSA) is 87.2 Å². The molecule has 0 N–H and O–H groups in total. The van der Waals surface area contributed by atoms with Gasteiger partial charge in [-0.2, -0.15) is 0 Å². The van der Waals surface area contributed by atoms with E-state index in [4.69, 9.17) is 25.4 Å². The van der Waals surface area contributed by atoms with Crippen LogP contribution in [0.1, 0.15) is 42.4 Å². The van der Waals surface area contributed by atoms with Gasteiger partial charge in [0.2, 0.25) is 0 Å². The Labute approximate surface area is 193 Å². The highest BCUT2D eigenvalue weighted by Gasteiger charge is 2.39. The Hall–Kier alpha value is -3.73. The number of esters is 1. The summed E-state index contributed by atoms with van der Waals surface area (Å²) in [5, 5.41) is 0. The molecule has 0 bridgehead atoms. The zero-order chi connectivity index (χ0) is 24.2. The average molecular weight is 453 g/mol. The average Bonchev–Trinajstić information content (AvgIpc) is 2.81. The third-order valence-corrected chi connectivity index (χ3v) is 5.36. The number of aromatic nitrogens is 1. The smallest absolute Gasteiger partial charge is 0.412 e. The first kappa shape index (κ1) is 23.9. The van der Waals surface area contributed by atoms with Crippen molar-refractivity contribution in [3.8, 4) is 23.8 Å². The van der Waals surface area contributed by atoms with E-state index in [1.54, 1.807) is 33.1 Å². The minimum atomic E-state index is -1.10. The van der Waals surface area contributed by atoms with E-state index in [2.05, 4.69) is 10.9 Å². The van der Waals surface area contributed by atoms with E-state index in [9.17, 15) is 9.59 Å². The van der Waals surface area contributed by atoms with Gasteiger partial charge in [0.1, 0.15) is 23.8 Å². The number of nitrogens with zero attached hydrogens (tertiary/aromatic N) is 2. The Bertz CT molecular complexity index is 1090. The van der Waals surface area contributed by atoms with Crippen LogP contribution >= 0.6 is 0 Å². The number of methoxy groups -OCH3 is 2. The number of terminal acetylenes is 1. The first-order valence-electron chi connectivity index (χ1n) is 10.5. The minimum absolute atomic E-state index is 0.226. The van der Waals surface area contributed by atoms with Gasteiger partial charge in [0.15, 0.2) is 11.6 Å². The standard InChI is InChI=1S/C25H28N2O6/c1-7-25(3,4)33-24(29)27-13-12-17-14-18(9-10-19(17)22(27)23(28)31-6)32-15-20-21(30-5)11-8-16(2)26-20/h1,8-11,14,22H,12-13,15H2,2-6H3/t22-/m1/s1. The van der Waals surface area contributed by atoms with Gasteiger partial charge in [-0.15, -0.1) is 6.42 Å². The second-order valence-electron chi connectivity index (χ2n) is 8.14. The van der Waals surface area contributed by atoms with Crippen LogP contribution in [-0.4, -0.2) is 48.3 Å². The van der Waals surface area contributed by atoms with E-state index in [1.807, 2.05) is 25.1 Å². The first-order chi connectivity index (χ1) is 15.7. The van der Waals surface area contributed by atoms with Crippen LogP contribution < -0.4 is 9.47 Å². The summed E-state index contributed by atoms with van der Waals surface area (Å²) in [6.45, 7) is 5.61. The Morgan fingerprint density at radius 3 is 2.67 bits per heavy atom. The summed E-state index contributed by atoms with van der Waals surface area (Å²) in [6, 6.07) is 8.16. The van der Waals surface area contributed by atoms with E-state index in [-0.39, 0.29) is 13.2 Å². The monoisotopic (exact) mass is 452 g/mol. The summed E-state index contributed by atoms with van der Waals surface area (Å²) in [4.78, 5) is 31.2. The minimum Gasteiger partial charge on any atom is -0.495 e. The number of rotatable bonds is 6. The first-order valence-corrected chi connectivity index (χ1v) is 10.5. The molecule has 174 valence electrons. The molecule has 1 aliphatic rings. The van der Waals surface area contributed by atoms with Crippen molar-refractivity contribution in [3.05, 3.63) is 52.8 Å². The van der Waals surface area contributed by atoms with E-state index in [0.29, 0.717) is 29.2 Å². The number of aryl methyl sites for hydroxylation is 1. The number of hydrogen-bond donors (Lipinski definition) is 0. The van der Waals surface area contributed by atoms with Crippen molar-refractivity contribution in [3.63, 3.8) is 0 Å². The lowest BCUT2D eigenvalue weighted by molar-refractivity contribution is -0.147. The van der Waals surface area contributed by atoms with E-state index < -0.39 is 23.7 Å². The lowest BCUT2D eigenvalue weighted by atomic mass is 9.92. The Balaban J connectivity index is 1.83. The molecule has 1 amide bonds. The molecule has 2 aromatic rings. The maximum absolute atomic E-state index is 12.8. The molecule has 0 spiro atoms. The molecule has 3 rings (SSSR count). The Kier molecular flexibility index (Phi) is 7.12. The molecule has 0 aliphatic carbocycles. The van der Waals surface area contributed by atoms with Gasteiger partial charge in [0.05, 0.1) is 14.2 Å². The number of hydrogen-bond acceptors (Lipinski definition) is 7. The van der Waals surface area contributed by atoms with Gasteiger partial charge >= 0.3 is 12.1 Å². The fourth-order valence-electron chi connectivity index (χ4n) is 3.60. The summed E-state index contributed by atoms with van der Waals surface area (Å²) in [5.41, 5.74) is 1.99. The van der Waals surface area contributed by atoms with Gasteiger partial charge in [0, 0.05) is 12.2 Å². The van der Waals surface area contributed by atoms with Gasteiger partial charge in [-0.3, -0.25) is 9.88 Å². The number of ether oxygens (including phenoxy) is 4. The maximum atomic E-state index is 12.8. The van der Waals surface area contributed by atoms with Gasteiger partial charge in [-0.05, 0) is 62.6 Å². The van der Waals surface area contributed by atoms with Crippen molar-refractivity contribution in [2.45, 2.75) is 45.4 Å². The van der Waals surface area contributed by atoms with Crippen LogP contribution in [0.3, 0.4) is 0 Å². The molecule has 0 unspecified atom stereocenters. The fourth-order valence-corrected chi connectivity index (χ4v) is 3.60. The van der Waals surface area contributed by atoms with Crippen LogP contribution in [0, 0.1) is 19.3 Å². The summed E-state index contributed by atoms with van der Waals surface area (Å²) >= 11 is 0. The van der Waals surface area contributed by atoms with Crippen LogP contribution in [0.5, 0.6) is 11.5 Å². The summed E-state index contributed by atoms with van der Waals surface area (Å²) in [7, 11) is 2.87. The number of carbonyl (C=O) groups is 2. The zero-order valence-electron chi connectivity index (χ0n) is 19.5. The molecule has 0 saturated carbocycles. The van der Waals surface area contributed by atoms with Gasteiger partial charge in [0.25, 0.3) is 0 Å². The van der Waals surface area contributed by atoms with E-state index in [1.165, 1.54) is 12.0 Å². The van der Waals surface area contributed by atoms with Crippen molar-refractivity contribution < 1.29 is 28.5 Å². The zero-order valence-corrected chi connectivity index (χ0v) is 19.5. The third-order valence-electron chi connectivity index (χ3n) is 5.36. The molecule has 0 radical (unpaired) electrons. The number of fused-ring (bicyclic) bond motifs is 1. The van der Waals surface area contributed by atoms with E-state index in [0.717, 1.165) is 11.3 Å². The van der Waals surface area contributed by atoms with Crippen molar-refractivity contribution in [2.75, 3.05) is 20.8 Å². The van der Waals surface area contributed by atoms with Crippen molar-refractivity contribution in [1.82, 2.24) is 9.88 Å². The maximum Gasteiger partial charge on any atom is 0.412 e. The predicted octanol–water partition coefficient (Wildman–Crippen LogP) is 3.60. The highest BCUT2D eigenvalue weighted by molar-refractivity contribution is 5.84. The lowest BCUT2D eigenvalue weighted by Crippen LogP contribution is -2.46. The lowest BCUT2D eigenvalue weighted by Gasteiger charge is -2.36. The van der Waals surface area contributed by atoms with Crippen molar-refractivity contribution in [1.29, 1.82) is 0 Å². The van der Waals surface area contributed by atoms with Gasteiger partial charge in [-0.25, -0.2) is 9.59 Å². The summed E-state index contributed by atoms with van der Waals surface area (Å²) in [6.07, 6.45) is 5.27. The summed E-state index contributed by atoms with van der Waals surface area (Å²) < 4.78 is 21.7. The molecular weight excluding hydrogens is 424 g/mol. The van der Waals surface area contributed by atoms with Crippen LogP contribution in [0.4, 0.5) is 4.79 Å². The molecule has 2 heterocycles. The molecule has 1 aliphatic heterocycles. The van der Waals surface area contributed by atoms with Crippen molar-refractivity contribution >= 4 is 12.1 Å². The molecule has 1 atom stereocenters. The largest absolute Gasteiger partial charge is 0.495 e. The molecule has 8 nitrogen and oxygen atoms in total. The van der Waals surface area contributed by atoms with Crippen molar-refractivity contribution in [2.24, 2.45) is 0 Å². The quantitative estimate of drug-likeness (QED) is 0.489. The molecular formula is C25H28N2O6. The van der Waals surface area contributed by atoms with Gasteiger partial charge in [-0.1, -0.05) is 12.0 Å². The third kappa shape index (κ3) is 5.37. The predicted molar refractivity (Wildman–Crippen MR) is 121 cm³/mol. The van der Waals surface area contributed by atoms with Crippen LogP contribution in [-0.2, 0) is 27.3 Å². The number of pyridine rings is 1. The molecule has 33 heavy (non-hydrogen) atoms. The SMILES string of the molecule is C#CC(C)(C)OC(=O)N1CCc2cc(OCc3nc(C)ccc3OC)ccc2[C@@H]1C(=O)OC. The van der Waals surface area contributed by atoms with Crippen LogP contribution in [0.15, 0.2) is 30.3 Å². The highest BCUT2D eigenvalue weighted by Crippen LogP contribution is 2.34. The second-order valence-corrected chi connectivity index (χ2v) is 8.14. The number of amides is 1. The molecule has 0 saturated heterocycles. The molecule has 1 aromatic heterocycles. The molecule has 1 aromatic carbocycles.